The number of benzene rings is 2. The van der Waals surface area contributed by atoms with E-state index in [1.54, 1.807) is 7.11 Å². The molecule has 4 heterocycles. The summed E-state index contributed by atoms with van der Waals surface area (Å²) in [6.07, 6.45) is 4.81. The summed E-state index contributed by atoms with van der Waals surface area (Å²) in [5.74, 6) is 0.608. The molecule has 33 heavy (non-hydrogen) atoms. The zero-order valence-electron chi connectivity index (χ0n) is 18.4. The molecule has 2 aromatic carbocycles. The molecule has 0 saturated carbocycles. The van der Waals surface area contributed by atoms with Crippen molar-refractivity contribution in [2.75, 3.05) is 26.8 Å². The van der Waals surface area contributed by atoms with Gasteiger partial charge in [0.1, 0.15) is 11.5 Å². The first kappa shape index (κ1) is 20.1. The molecule has 7 nitrogen and oxygen atoms in total. The standard InChI is InChI=1S/C26H25N3O4/c1-32-21-7-6-18(24-17(21)10-13-33-24)22-23(26(31)28-25(22)30)19-14-29(15-8-11-27-12-9-15)20-5-3-2-4-16(19)20/h2-7,14-15,27H,8-13H2,1H3,(H,28,30,31). The van der Waals surface area contributed by atoms with Crippen LogP contribution in [0.5, 0.6) is 11.5 Å². The molecule has 1 saturated heterocycles. The third-order valence-corrected chi connectivity index (χ3v) is 6.95. The average molecular weight is 444 g/mol. The predicted octanol–water partition coefficient (Wildman–Crippen LogP) is 3.08. The lowest BCUT2D eigenvalue weighted by Gasteiger charge is -2.25. The molecule has 1 fully saturated rings. The van der Waals surface area contributed by atoms with Crippen molar-refractivity contribution in [1.82, 2.24) is 15.2 Å². The van der Waals surface area contributed by atoms with E-state index < -0.39 is 5.91 Å². The molecular formula is C26H25N3O4. The third kappa shape index (κ3) is 3.07. The van der Waals surface area contributed by atoms with Crippen LogP contribution in [0.2, 0.25) is 0 Å². The van der Waals surface area contributed by atoms with E-state index in [-0.39, 0.29) is 5.91 Å². The van der Waals surface area contributed by atoms with Crippen LogP contribution in [0.25, 0.3) is 22.0 Å². The number of para-hydroxylation sites is 1. The van der Waals surface area contributed by atoms with E-state index >= 15 is 0 Å². The average Bonchev–Trinajstić information content (AvgIpc) is 3.55. The number of methoxy groups -OCH3 is 1. The Morgan fingerprint density at radius 1 is 1.00 bits per heavy atom. The number of nitrogens with one attached hydrogen (secondary N) is 2. The van der Waals surface area contributed by atoms with Crippen LogP contribution in [0.4, 0.5) is 0 Å². The quantitative estimate of drug-likeness (QED) is 0.606. The van der Waals surface area contributed by atoms with E-state index in [0.29, 0.717) is 41.5 Å². The van der Waals surface area contributed by atoms with Crippen molar-refractivity contribution >= 4 is 33.9 Å². The largest absolute Gasteiger partial charge is 0.496 e. The number of amides is 2. The highest BCUT2D eigenvalue weighted by Gasteiger charge is 2.37. The zero-order valence-corrected chi connectivity index (χ0v) is 18.4. The Bertz CT molecular complexity index is 1330. The number of aromatic nitrogens is 1. The smallest absolute Gasteiger partial charge is 0.259 e. The maximum Gasteiger partial charge on any atom is 0.259 e. The number of carbonyl (C=O) groups is 2. The molecule has 0 radical (unpaired) electrons. The second kappa shape index (κ2) is 7.78. The molecule has 0 aliphatic carbocycles. The van der Waals surface area contributed by atoms with Crippen LogP contribution in [0.15, 0.2) is 42.6 Å². The van der Waals surface area contributed by atoms with Crippen LogP contribution < -0.4 is 20.1 Å². The van der Waals surface area contributed by atoms with Crippen molar-refractivity contribution in [1.29, 1.82) is 0 Å². The molecule has 3 aliphatic heterocycles. The van der Waals surface area contributed by atoms with Gasteiger partial charge in [-0.15, -0.1) is 0 Å². The fourth-order valence-electron chi connectivity index (χ4n) is 5.41. The molecule has 3 aromatic rings. The minimum absolute atomic E-state index is 0.350. The van der Waals surface area contributed by atoms with Crippen LogP contribution in [-0.2, 0) is 16.0 Å². The first-order valence-corrected chi connectivity index (χ1v) is 11.4. The number of ether oxygens (including phenoxy) is 2. The topological polar surface area (TPSA) is 81.6 Å². The predicted molar refractivity (Wildman–Crippen MR) is 125 cm³/mol. The van der Waals surface area contributed by atoms with Gasteiger partial charge < -0.3 is 19.4 Å². The molecular weight excluding hydrogens is 418 g/mol. The lowest BCUT2D eigenvalue weighted by Crippen LogP contribution is -2.29. The Balaban J connectivity index is 1.59. The van der Waals surface area contributed by atoms with E-state index in [0.717, 1.165) is 53.7 Å². The van der Waals surface area contributed by atoms with Crippen LogP contribution >= 0.6 is 0 Å². The van der Waals surface area contributed by atoms with Gasteiger partial charge in [-0.2, -0.15) is 0 Å². The van der Waals surface area contributed by atoms with Gasteiger partial charge in [-0.1, -0.05) is 18.2 Å². The van der Waals surface area contributed by atoms with Crippen molar-refractivity contribution in [3.63, 3.8) is 0 Å². The van der Waals surface area contributed by atoms with Crippen molar-refractivity contribution in [3.05, 3.63) is 59.3 Å². The van der Waals surface area contributed by atoms with Crippen molar-refractivity contribution in [2.24, 2.45) is 0 Å². The molecule has 1 aromatic heterocycles. The second-order valence-corrected chi connectivity index (χ2v) is 8.70. The van der Waals surface area contributed by atoms with Gasteiger partial charge in [-0.25, -0.2) is 0 Å². The summed E-state index contributed by atoms with van der Waals surface area (Å²) < 4.78 is 13.7. The second-order valence-electron chi connectivity index (χ2n) is 8.70. The number of rotatable bonds is 4. The van der Waals surface area contributed by atoms with E-state index in [1.807, 2.05) is 30.3 Å². The molecule has 2 N–H and O–H groups in total. The van der Waals surface area contributed by atoms with Gasteiger partial charge in [0.15, 0.2) is 0 Å². The van der Waals surface area contributed by atoms with Crippen LogP contribution in [0, 0.1) is 0 Å². The molecule has 0 unspecified atom stereocenters. The normalized spacial score (nSPS) is 18.6. The highest BCUT2D eigenvalue weighted by atomic mass is 16.5. The van der Waals surface area contributed by atoms with Crippen LogP contribution in [0.3, 0.4) is 0 Å². The SMILES string of the molecule is COc1ccc(C2=C(c3cn(C4CCNCC4)c4ccccc34)C(=O)NC2=O)c2c1CCO2. The van der Waals surface area contributed by atoms with E-state index in [1.165, 1.54) is 0 Å². The first-order chi connectivity index (χ1) is 16.2. The summed E-state index contributed by atoms with van der Waals surface area (Å²) in [6, 6.07) is 12.1. The van der Waals surface area contributed by atoms with Gasteiger partial charge in [-0.05, 0) is 44.1 Å². The van der Waals surface area contributed by atoms with Crippen LogP contribution in [0.1, 0.15) is 35.6 Å². The fraction of sp³-hybridized carbons (Fsp3) is 0.308. The lowest BCUT2D eigenvalue weighted by molar-refractivity contribution is -0.122. The minimum atomic E-state index is -0.392. The van der Waals surface area contributed by atoms with Gasteiger partial charge in [0.05, 0.1) is 24.9 Å². The molecule has 0 bridgehead atoms. The monoisotopic (exact) mass is 443 g/mol. The highest BCUT2D eigenvalue weighted by molar-refractivity contribution is 6.50. The summed E-state index contributed by atoms with van der Waals surface area (Å²) in [5, 5.41) is 6.91. The molecule has 0 spiro atoms. The Morgan fingerprint density at radius 2 is 1.76 bits per heavy atom. The van der Waals surface area contributed by atoms with E-state index in [9.17, 15) is 9.59 Å². The lowest BCUT2D eigenvalue weighted by atomic mass is 9.93. The van der Waals surface area contributed by atoms with Gasteiger partial charge in [0, 0.05) is 46.3 Å². The van der Waals surface area contributed by atoms with Crippen molar-refractivity contribution < 1.29 is 19.1 Å². The first-order valence-electron chi connectivity index (χ1n) is 11.4. The molecule has 168 valence electrons. The zero-order chi connectivity index (χ0) is 22.5. The molecule has 7 heteroatoms. The maximum atomic E-state index is 13.1. The van der Waals surface area contributed by atoms with E-state index in [2.05, 4.69) is 27.5 Å². The number of carbonyl (C=O) groups excluding carboxylic acids is 2. The summed E-state index contributed by atoms with van der Waals surface area (Å²) >= 11 is 0. The van der Waals surface area contributed by atoms with Gasteiger partial charge in [-0.3, -0.25) is 14.9 Å². The molecule has 0 atom stereocenters. The number of hydrogen-bond donors (Lipinski definition) is 2. The Hall–Kier alpha value is -3.58. The fourth-order valence-corrected chi connectivity index (χ4v) is 5.41. The number of piperidine rings is 1. The minimum Gasteiger partial charge on any atom is -0.496 e. The van der Waals surface area contributed by atoms with Gasteiger partial charge >= 0.3 is 0 Å². The van der Waals surface area contributed by atoms with Gasteiger partial charge in [0.2, 0.25) is 0 Å². The van der Waals surface area contributed by atoms with Crippen LogP contribution in [-0.4, -0.2) is 43.2 Å². The van der Waals surface area contributed by atoms with Crippen molar-refractivity contribution in [3.8, 4) is 11.5 Å². The molecule has 3 aliphatic rings. The molecule has 2 amide bonds. The summed E-state index contributed by atoms with van der Waals surface area (Å²) in [5.41, 5.74) is 4.21. The summed E-state index contributed by atoms with van der Waals surface area (Å²) in [6.45, 7) is 2.46. The Labute approximate surface area is 191 Å². The number of imide groups is 1. The summed E-state index contributed by atoms with van der Waals surface area (Å²) in [7, 11) is 1.62. The number of fused-ring (bicyclic) bond motifs is 2. The summed E-state index contributed by atoms with van der Waals surface area (Å²) in [4.78, 5) is 26.2. The van der Waals surface area contributed by atoms with E-state index in [4.69, 9.17) is 9.47 Å². The Morgan fingerprint density at radius 3 is 2.55 bits per heavy atom. The third-order valence-electron chi connectivity index (χ3n) is 6.95. The molecule has 6 rings (SSSR count). The number of nitrogens with zero attached hydrogens (tertiary/aromatic N) is 1. The van der Waals surface area contributed by atoms with Crippen molar-refractivity contribution in [2.45, 2.75) is 25.3 Å². The Kier molecular flexibility index (Phi) is 4.73. The number of hydrogen-bond acceptors (Lipinski definition) is 5. The van der Waals surface area contributed by atoms with Gasteiger partial charge in [0.25, 0.3) is 11.8 Å². The highest BCUT2D eigenvalue weighted by Crippen LogP contribution is 2.44. The maximum absolute atomic E-state index is 13.1.